The van der Waals surface area contributed by atoms with Crippen molar-refractivity contribution in [3.05, 3.63) is 59.1 Å². The average molecular weight is 275 g/mol. The van der Waals surface area contributed by atoms with E-state index in [0.717, 1.165) is 16.7 Å². The highest BCUT2D eigenvalue weighted by Gasteiger charge is 2.11. The van der Waals surface area contributed by atoms with Gasteiger partial charge in [-0.15, -0.1) is 0 Å². The molecule has 0 radical (unpaired) electrons. The Hall–Kier alpha value is -1.80. The third-order valence-corrected chi connectivity index (χ3v) is 3.36. The van der Waals surface area contributed by atoms with E-state index in [1.807, 2.05) is 48.5 Å². The third kappa shape index (κ3) is 3.36. The molecule has 2 rings (SSSR count). The number of carbonyl (C=O) groups excluding carboxylic acids is 1. The van der Waals surface area contributed by atoms with Gasteiger partial charge in [0.25, 0.3) is 0 Å². The Morgan fingerprint density at radius 2 is 1.84 bits per heavy atom. The number of hydrogen-bond donors (Lipinski definition) is 0. The standard InChI is InChI=1S/C16H15ClO2/c1-19-16(18)11-10-14-13(8-5-9-15(14)17)12-6-3-2-4-7-12/h2-9H,10-11H2,1H3. The monoisotopic (exact) mass is 274 g/mol. The van der Waals surface area contributed by atoms with Crippen LogP contribution in [0.3, 0.4) is 0 Å². The number of hydrogen-bond acceptors (Lipinski definition) is 2. The molecule has 98 valence electrons. The Morgan fingerprint density at radius 1 is 1.11 bits per heavy atom. The van der Waals surface area contributed by atoms with Crippen molar-refractivity contribution in [2.45, 2.75) is 12.8 Å². The molecule has 0 bridgehead atoms. The molecule has 0 fully saturated rings. The molecule has 2 nitrogen and oxygen atoms in total. The Morgan fingerprint density at radius 3 is 2.53 bits per heavy atom. The number of benzene rings is 2. The van der Waals surface area contributed by atoms with Crippen molar-refractivity contribution in [1.29, 1.82) is 0 Å². The van der Waals surface area contributed by atoms with Crippen molar-refractivity contribution in [3.8, 4) is 11.1 Å². The summed E-state index contributed by atoms with van der Waals surface area (Å²) in [5.41, 5.74) is 3.16. The fourth-order valence-electron chi connectivity index (χ4n) is 2.03. The number of methoxy groups -OCH3 is 1. The first-order valence-electron chi connectivity index (χ1n) is 6.12. The molecule has 0 saturated heterocycles. The zero-order valence-corrected chi connectivity index (χ0v) is 11.5. The van der Waals surface area contributed by atoms with Crippen LogP contribution in [0.4, 0.5) is 0 Å². The van der Waals surface area contributed by atoms with Crippen LogP contribution in [-0.4, -0.2) is 13.1 Å². The largest absolute Gasteiger partial charge is 0.469 e. The maximum Gasteiger partial charge on any atom is 0.305 e. The summed E-state index contributed by atoms with van der Waals surface area (Å²) in [6.45, 7) is 0. The molecule has 0 spiro atoms. The molecule has 0 aromatic heterocycles. The fourth-order valence-corrected chi connectivity index (χ4v) is 2.30. The predicted molar refractivity (Wildman–Crippen MR) is 77.2 cm³/mol. The van der Waals surface area contributed by atoms with Crippen LogP contribution >= 0.6 is 11.6 Å². The van der Waals surface area contributed by atoms with E-state index >= 15 is 0 Å². The topological polar surface area (TPSA) is 26.3 Å². The lowest BCUT2D eigenvalue weighted by atomic mass is 9.96. The Bertz CT molecular complexity index is 564. The zero-order valence-electron chi connectivity index (χ0n) is 10.7. The van der Waals surface area contributed by atoms with Gasteiger partial charge in [0.05, 0.1) is 7.11 Å². The molecule has 0 N–H and O–H groups in total. The van der Waals surface area contributed by atoms with Gasteiger partial charge in [0.2, 0.25) is 0 Å². The van der Waals surface area contributed by atoms with Gasteiger partial charge in [0.1, 0.15) is 0 Å². The van der Waals surface area contributed by atoms with Crippen molar-refractivity contribution in [2.24, 2.45) is 0 Å². The van der Waals surface area contributed by atoms with Crippen LogP contribution in [0.15, 0.2) is 48.5 Å². The molecule has 0 aliphatic rings. The van der Waals surface area contributed by atoms with Gasteiger partial charge in [-0.2, -0.15) is 0 Å². The zero-order chi connectivity index (χ0) is 13.7. The van der Waals surface area contributed by atoms with Crippen molar-refractivity contribution in [1.82, 2.24) is 0 Å². The van der Waals surface area contributed by atoms with Gasteiger partial charge < -0.3 is 4.74 Å². The molecule has 19 heavy (non-hydrogen) atoms. The highest BCUT2D eigenvalue weighted by atomic mass is 35.5. The van der Waals surface area contributed by atoms with E-state index in [4.69, 9.17) is 11.6 Å². The summed E-state index contributed by atoms with van der Waals surface area (Å²) in [5.74, 6) is -0.223. The molecular weight excluding hydrogens is 260 g/mol. The molecule has 0 saturated carbocycles. The molecule has 0 heterocycles. The molecule has 0 amide bonds. The number of rotatable bonds is 4. The average Bonchev–Trinajstić information content (AvgIpc) is 2.46. The van der Waals surface area contributed by atoms with Gasteiger partial charge in [0.15, 0.2) is 0 Å². The molecule has 0 atom stereocenters. The number of carbonyl (C=O) groups is 1. The van der Waals surface area contributed by atoms with Crippen LogP contribution in [0.1, 0.15) is 12.0 Å². The lowest BCUT2D eigenvalue weighted by Crippen LogP contribution is -2.03. The smallest absolute Gasteiger partial charge is 0.305 e. The van der Waals surface area contributed by atoms with E-state index in [2.05, 4.69) is 4.74 Å². The highest BCUT2D eigenvalue weighted by molar-refractivity contribution is 6.31. The lowest BCUT2D eigenvalue weighted by molar-refractivity contribution is -0.140. The highest BCUT2D eigenvalue weighted by Crippen LogP contribution is 2.30. The van der Waals surface area contributed by atoms with Crippen LogP contribution in [0.2, 0.25) is 5.02 Å². The maximum absolute atomic E-state index is 11.3. The minimum Gasteiger partial charge on any atom is -0.469 e. The Kier molecular flexibility index (Phi) is 4.58. The van der Waals surface area contributed by atoms with Gasteiger partial charge in [0, 0.05) is 11.4 Å². The van der Waals surface area contributed by atoms with Crippen molar-refractivity contribution < 1.29 is 9.53 Å². The van der Waals surface area contributed by atoms with E-state index in [1.165, 1.54) is 7.11 Å². The summed E-state index contributed by atoms with van der Waals surface area (Å²) in [5, 5.41) is 0.685. The molecule has 0 aliphatic carbocycles. The first-order valence-corrected chi connectivity index (χ1v) is 6.50. The third-order valence-electron chi connectivity index (χ3n) is 3.01. The number of esters is 1. The van der Waals surface area contributed by atoms with Gasteiger partial charge in [-0.3, -0.25) is 4.79 Å². The van der Waals surface area contributed by atoms with Gasteiger partial charge in [-0.05, 0) is 29.2 Å². The molecule has 0 aliphatic heterocycles. The van der Waals surface area contributed by atoms with Crippen molar-refractivity contribution in [3.63, 3.8) is 0 Å². The SMILES string of the molecule is COC(=O)CCc1c(Cl)cccc1-c1ccccc1. The van der Waals surface area contributed by atoms with E-state index in [0.29, 0.717) is 17.9 Å². The van der Waals surface area contributed by atoms with Gasteiger partial charge in [-0.1, -0.05) is 54.1 Å². The molecule has 3 heteroatoms. The normalized spacial score (nSPS) is 10.2. The summed E-state index contributed by atoms with van der Waals surface area (Å²) in [6.07, 6.45) is 0.913. The lowest BCUT2D eigenvalue weighted by Gasteiger charge is -2.11. The minimum atomic E-state index is -0.223. The Balaban J connectivity index is 2.34. The number of ether oxygens (including phenoxy) is 1. The van der Waals surface area contributed by atoms with E-state index < -0.39 is 0 Å². The second kappa shape index (κ2) is 6.39. The van der Waals surface area contributed by atoms with Gasteiger partial charge in [-0.25, -0.2) is 0 Å². The second-order valence-electron chi connectivity index (χ2n) is 4.21. The summed E-state index contributed by atoms with van der Waals surface area (Å²) < 4.78 is 4.68. The van der Waals surface area contributed by atoms with E-state index in [-0.39, 0.29) is 5.97 Å². The van der Waals surface area contributed by atoms with Crippen LogP contribution in [-0.2, 0) is 16.0 Å². The molecule has 0 unspecified atom stereocenters. The molecule has 2 aromatic carbocycles. The summed E-state index contributed by atoms with van der Waals surface area (Å²) in [7, 11) is 1.40. The van der Waals surface area contributed by atoms with Crippen LogP contribution in [0, 0.1) is 0 Å². The molecule has 2 aromatic rings. The van der Waals surface area contributed by atoms with Crippen LogP contribution in [0.25, 0.3) is 11.1 Å². The predicted octanol–water partition coefficient (Wildman–Crippen LogP) is 4.11. The van der Waals surface area contributed by atoms with E-state index in [1.54, 1.807) is 0 Å². The first-order chi connectivity index (χ1) is 9.22. The van der Waals surface area contributed by atoms with Crippen LogP contribution < -0.4 is 0 Å². The van der Waals surface area contributed by atoms with Crippen molar-refractivity contribution >= 4 is 17.6 Å². The van der Waals surface area contributed by atoms with Crippen LogP contribution in [0.5, 0.6) is 0 Å². The fraction of sp³-hybridized carbons (Fsp3) is 0.188. The summed E-state index contributed by atoms with van der Waals surface area (Å²) >= 11 is 6.25. The minimum absolute atomic E-state index is 0.223. The Labute approximate surface area is 118 Å². The molecular formula is C16H15ClO2. The van der Waals surface area contributed by atoms with E-state index in [9.17, 15) is 4.79 Å². The van der Waals surface area contributed by atoms with Gasteiger partial charge >= 0.3 is 5.97 Å². The maximum atomic E-state index is 11.3. The first kappa shape index (κ1) is 13.6. The number of halogens is 1. The summed E-state index contributed by atoms with van der Waals surface area (Å²) in [6, 6.07) is 15.8. The van der Waals surface area contributed by atoms with Crippen molar-refractivity contribution in [2.75, 3.05) is 7.11 Å². The summed E-state index contributed by atoms with van der Waals surface area (Å²) in [4.78, 5) is 11.3. The quantitative estimate of drug-likeness (QED) is 0.784. The second-order valence-corrected chi connectivity index (χ2v) is 4.62.